The Labute approximate surface area is 156 Å². The third-order valence-corrected chi connectivity index (χ3v) is 6.26. The lowest BCUT2D eigenvalue weighted by atomic mass is 10.1. The van der Waals surface area contributed by atoms with Crippen LogP contribution in [0.4, 0.5) is 5.82 Å². The van der Waals surface area contributed by atoms with E-state index in [1.807, 2.05) is 31.5 Å². The molecule has 0 N–H and O–H groups in total. The van der Waals surface area contributed by atoms with Crippen LogP contribution >= 0.6 is 11.8 Å². The normalized spacial score (nSPS) is 23.8. The number of carbonyl (C=O) groups is 1. The molecular formula is C19H21N5OS. The van der Waals surface area contributed by atoms with E-state index >= 15 is 0 Å². The number of aromatic nitrogens is 2. The van der Waals surface area contributed by atoms with Gasteiger partial charge in [-0.25, -0.2) is 9.98 Å². The molecule has 7 heteroatoms. The lowest BCUT2D eigenvalue weighted by Gasteiger charge is -2.34. The Balaban J connectivity index is 1.65. The number of amides is 1. The van der Waals surface area contributed by atoms with E-state index in [-0.39, 0.29) is 5.91 Å². The smallest absolute Gasteiger partial charge is 0.280 e. The van der Waals surface area contributed by atoms with Crippen LogP contribution in [0.1, 0.15) is 35.3 Å². The molecule has 1 fully saturated rings. The van der Waals surface area contributed by atoms with Crippen molar-refractivity contribution in [1.82, 2.24) is 14.5 Å². The summed E-state index contributed by atoms with van der Waals surface area (Å²) in [6.45, 7) is 0.646. The molecular weight excluding hydrogens is 346 g/mol. The van der Waals surface area contributed by atoms with Crippen molar-refractivity contribution in [3.8, 4) is 0 Å². The minimum absolute atomic E-state index is 0.0151. The fourth-order valence-electron chi connectivity index (χ4n) is 4.35. The molecule has 1 amide bonds. The van der Waals surface area contributed by atoms with Gasteiger partial charge < -0.3 is 4.57 Å². The van der Waals surface area contributed by atoms with Crippen molar-refractivity contribution >= 4 is 29.4 Å². The molecule has 2 aliphatic heterocycles. The maximum Gasteiger partial charge on any atom is 0.280 e. The third kappa shape index (κ3) is 2.16. The van der Waals surface area contributed by atoms with Gasteiger partial charge in [0.25, 0.3) is 5.91 Å². The minimum atomic E-state index is -0.0151. The summed E-state index contributed by atoms with van der Waals surface area (Å²) in [7, 11) is 1.83. The molecule has 1 aliphatic carbocycles. The summed E-state index contributed by atoms with van der Waals surface area (Å²) in [5, 5.41) is 0.878. The fourth-order valence-corrected chi connectivity index (χ4v) is 4.90. The van der Waals surface area contributed by atoms with Gasteiger partial charge >= 0.3 is 0 Å². The van der Waals surface area contributed by atoms with Crippen LogP contribution in [0.3, 0.4) is 0 Å². The summed E-state index contributed by atoms with van der Waals surface area (Å²) in [6.07, 6.45) is 5.41. The molecule has 26 heavy (non-hydrogen) atoms. The molecule has 0 spiro atoms. The summed E-state index contributed by atoms with van der Waals surface area (Å²) >= 11 is 1.59. The zero-order valence-corrected chi connectivity index (χ0v) is 15.7. The van der Waals surface area contributed by atoms with Crippen LogP contribution in [0.25, 0.3) is 0 Å². The second-order valence-electron chi connectivity index (χ2n) is 7.07. The summed E-state index contributed by atoms with van der Waals surface area (Å²) in [5.74, 6) is 1.55. The highest BCUT2D eigenvalue weighted by atomic mass is 32.2. The van der Waals surface area contributed by atoms with Crippen molar-refractivity contribution in [2.24, 2.45) is 4.99 Å². The lowest BCUT2D eigenvalue weighted by Crippen LogP contribution is -2.51. The first-order chi connectivity index (χ1) is 12.7. The van der Waals surface area contributed by atoms with E-state index in [0.29, 0.717) is 24.3 Å². The Morgan fingerprint density at radius 3 is 2.81 bits per heavy atom. The third-order valence-electron chi connectivity index (χ3n) is 5.59. The molecule has 2 aromatic rings. The number of imidazole rings is 1. The second-order valence-corrected chi connectivity index (χ2v) is 7.84. The first kappa shape index (κ1) is 15.9. The summed E-state index contributed by atoms with van der Waals surface area (Å²) < 4.78 is 2.06. The Bertz CT molecular complexity index is 906. The predicted molar refractivity (Wildman–Crippen MR) is 103 cm³/mol. The predicted octanol–water partition coefficient (Wildman–Crippen LogP) is 2.84. The molecule has 0 radical (unpaired) electrons. The average molecular weight is 367 g/mol. The summed E-state index contributed by atoms with van der Waals surface area (Å²) in [4.78, 5) is 26.8. The van der Waals surface area contributed by atoms with Crippen LogP contribution in [-0.4, -0.2) is 51.7 Å². The molecule has 1 saturated carbocycles. The molecule has 1 aromatic carbocycles. The van der Waals surface area contributed by atoms with Crippen LogP contribution in [0.15, 0.2) is 40.5 Å². The van der Waals surface area contributed by atoms with Gasteiger partial charge in [0.2, 0.25) is 5.96 Å². The summed E-state index contributed by atoms with van der Waals surface area (Å²) in [5.41, 5.74) is 1.85. The molecule has 0 bridgehead atoms. The molecule has 2 atom stereocenters. The fraction of sp³-hybridized carbons (Fsp3) is 0.421. The molecule has 3 aliphatic rings. The Hall–Kier alpha value is -2.28. The first-order valence-corrected chi connectivity index (χ1v) is 10.2. The Morgan fingerprint density at radius 2 is 2.04 bits per heavy atom. The maximum absolute atomic E-state index is 13.2. The largest absolute Gasteiger partial charge is 0.309 e. The van der Waals surface area contributed by atoms with Crippen molar-refractivity contribution in [3.05, 3.63) is 41.6 Å². The number of nitrogens with zero attached hydrogens (tertiary/aromatic N) is 5. The van der Waals surface area contributed by atoms with E-state index < -0.39 is 0 Å². The number of thioether (sulfide) groups is 1. The quantitative estimate of drug-likeness (QED) is 0.783. The van der Waals surface area contributed by atoms with E-state index in [1.165, 1.54) is 6.42 Å². The van der Waals surface area contributed by atoms with E-state index in [4.69, 9.17) is 9.98 Å². The highest BCUT2D eigenvalue weighted by Crippen LogP contribution is 2.41. The van der Waals surface area contributed by atoms with Crippen LogP contribution in [0.5, 0.6) is 0 Å². The number of aliphatic imine (C=N–C) groups is 1. The summed E-state index contributed by atoms with van der Waals surface area (Å²) in [6, 6.07) is 10.9. The van der Waals surface area contributed by atoms with E-state index in [9.17, 15) is 4.79 Å². The van der Waals surface area contributed by atoms with E-state index in [0.717, 1.165) is 35.3 Å². The SMILES string of the molecule is CSc1nc2c(n1Cc1ccccc1)C(=O)N(C)C1=N[C@H]3CCC[C@H]3N12. The Morgan fingerprint density at radius 1 is 1.23 bits per heavy atom. The average Bonchev–Trinajstić information content (AvgIpc) is 3.33. The van der Waals surface area contributed by atoms with Gasteiger partial charge in [-0.15, -0.1) is 0 Å². The van der Waals surface area contributed by atoms with Gasteiger partial charge in [-0.1, -0.05) is 42.1 Å². The highest BCUT2D eigenvalue weighted by Gasteiger charge is 2.49. The van der Waals surface area contributed by atoms with Gasteiger partial charge in [-0.3, -0.25) is 14.6 Å². The van der Waals surface area contributed by atoms with Gasteiger partial charge in [0.1, 0.15) is 0 Å². The van der Waals surface area contributed by atoms with Gasteiger partial charge in [-0.2, -0.15) is 0 Å². The number of carbonyl (C=O) groups excluding carboxylic acids is 1. The maximum atomic E-state index is 13.2. The van der Waals surface area contributed by atoms with E-state index in [1.54, 1.807) is 16.7 Å². The molecule has 5 rings (SSSR count). The number of hydrogen-bond acceptors (Lipinski definition) is 5. The first-order valence-electron chi connectivity index (χ1n) is 9.02. The van der Waals surface area contributed by atoms with Gasteiger partial charge in [-0.05, 0) is 31.1 Å². The van der Waals surface area contributed by atoms with Crippen LogP contribution < -0.4 is 4.90 Å². The standard InChI is InChI=1S/C19H21N5OS/c1-22-17(25)15-16(24-14-10-6-9-13(14)20-18(22)24)21-19(26-2)23(15)11-12-7-4-3-5-8-12/h3-5,7-8,13-14H,6,9-11H2,1-2H3/t13-,14+/m0/s1. The number of hydrogen-bond donors (Lipinski definition) is 0. The lowest BCUT2D eigenvalue weighted by molar-refractivity contribution is 0.0854. The Kier molecular flexibility index (Phi) is 3.60. The van der Waals surface area contributed by atoms with Crippen molar-refractivity contribution in [2.75, 3.05) is 18.2 Å². The minimum Gasteiger partial charge on any atom is -0.309 e. The van der Waals surface area contributed by atoms with Crippen molar-refractivity contribution in [3.63, 3.8) is 0 Å². The van der Waals surface area contributed by atoms with Gasteiger partial charge in [0.05, 0.1) is 18.6 Å². The second kappa shape index (κ2) is 5.87. The molecule has 0 saturated heterocycles. The molecule has 3 heterocycles. The molecule has 134 valence electrons. The van der Waals surface area contributed by atoms with Crippen LogP contribution in [-0.2, 0) is 6.54 Å². The van der Waals surface area contributed by atoms with Crippen molar-refractivity contribution in [2.45, 2.75) is 43.0 Å². The molecule has 6 nitrogen and oxygen atoms in total. The number of fused-ring (bicyclic) bond motifs is 5. The van der Waals surface area contributed by atoms with Crippen LogP contribution in [0, 0.1) is 0 Å². The van der Waals surface area contributed by atoms with Crippen molar-refractivity contribution in [1.29, 1.82) is 0 Å². The number of benzene rings is 1. The zero-order chi connectivity index (χ0) is 17.8. The number of guanidine groups is 1. The van der Waals surface area contributed by atoms with Crippen LogP contribution in [0.2, 0.25) is 0 Å². The number of anilines is 1. The van der Waals surface area contributed by atoms with Gasteiger partial charge in [0, 0.05) is 7.05 Å². The topological polar surface area (TPSA) is 53.7 Å². The van der Waals surface area contributed by atoms with Crippen molar-refractivity contribution < 1.29 is 4.79 Å². The number of rotatable bonds is 3. The molecule has 0 unspecified atom stereocenters. The van der Waals surface area contributed by atoms with E-state index in [2.05, 4.69) is 21.6 Å². The van der Waals surface area contributed by atoms with Gasteiger partial charge in [0.15, 0.2) is 16.7 Å². The highest BCUT2D eigenvalue weighted by molar-refractivity contribution is 7.98. The monoisotopic (exact) mass is 367 g/mol. The molecule has 1 aromatic heterocycles. The zero-order valence-electron chi connectivity index (χ0n) is 14.9.